The first-order valence-electron chi connectivity index (χ1n) is 6.36. The van der Waals surface area contributed by atoms with Crippen LogP contribution in [0.4, 0.5) is 0 Å². The van der Waals surface area contributed by atoms with E-state index in [2.05, 4.69) is 0 Å². The monoisotopic (exact) mass is 282 g/mol. The van der Waals surface area contributed by atoms with Crippen LogP contribution in [0.1, 0.15) is 41.3 Å². The van der Waals surface area contributed by atoms with E-state index >= 15 is 0 Å². The van der Waals surface area contributed by atoms with Crippen LogP contribution in [0, 0.1) is 0 Å². The van der Waals surface area contributed by atoms with Crippen molar-refractivity contribution in [3.8, 4) is 11.5 Å². The van der Waals surface area contributed by atoms with E-state index in [4.69, 9.17) is 18.9 Å². The largest absolute Gasteiger partial charge is 0.493 e. The first-order chi connectivity index (χ1) is 9.51. The van der Waals surface area contributed by atoms with Crippen LogP contribution in [0.15, 0.2) is 6.07 Å². The summed E-state index contributed by atoms with van der Waals surface area (Å²) in [4.78, 5) is 12.0. The molecule has 1 aromatic carbocycles. The minimum absolute atomic E-state index is 0.223. The Kier molecular flexibility index (Phi) is 5.82. The van der Waals surface area contributed by atoms with Gasteiger partial charge in [0.05, 0.1) is 27.9 Å². The maximum absolute atomic E-state index is 12.0. The van der Waals surface area contributed by atoms with Crippen molar-refractivity contribution in [2.24, 2.45) is 0 Å². The van der Waals surface area contributed by atoms with Crippen LogP contribution in [0.3, 0.4) is 0 Å². The van der Waals surface area contributed by atoms with E-state index in [9.17, 15) is 4.79 Å². The SMILES string of the molecule is COCc1cc(C(C)C)c(OC)c(OC)c1C(=O)OC. The highest BCUT2D eigenvalue weighted by molar-refractivity contribution is 5.95. The molecule has 5 heteroatoms. The van der Waals surface area contributed by atoms with E-state index in [1.54, 1.807) is 14.2 Å². The number of hydrogen-bond donors (Lipinski definition) is 0. The Hall–Kier alpha value is -1.75. The maximum atomic E-state index is 12.0. The van der Waals surface area contributed by atoms with Crippen LogP contribution in [0.2, 0.25) is 0 Å². The Morgan fingerprint density at radius 1 is 1.10 bits per heavy atom. The van der Waals surface area contributed by atoms with E-state index in [1.165, 1.54) is 14.2 Å². The molecular weight excluding hydrogens is 260 g/mol. The van der Waals surface area contributed by atoms with Crippen molar-refractivity contribution in [3.05, 3.63) is 22.8 Å². The summed E-state index contributed by atoms with van der Waals surface area (Å²) >= 11 is 0. The van der Waals surface area contributed by atoms with Crippen molar-refractivity contribution in [2.45, 2.75) is 26.4 Å². The van der Waals surface area contributed by atoms with Gasteiger partial charge >= 0.3 is 5.97 Å². The number of hydrogen-bond acceptors (Lipinski definition) is 5. The van der Waals surface area contributed by atoms with Crippen molar-refractivity contribution < 1.29 is 23.7 Å². The van der Waals surface area contributed by atoms with Gasteiger partial charge in [-0.1, -0.05) is 13.8 Å². The zero-order chi connectivity index (χ0) is 15.3. The summed E-state index contributed by atoms with van der Waals surface area (Å²) in [6.07, 6.45) is 0. The quantitative estimate of drug-likeness (QED) is 0.751. The molecule has 20 heavy (non-hydrogen) atoms. The molecule has 0 saturated carbocycles. The smallest absolute Gasteiger partial charge is 0.342 e. The Bertz CT molecular complexity index is 480. The van der Waals surface area contributed by atoms with Gasteiger partial charge in [-0.3, -0.25) is 0 Å². The Morgan fingerprint density at radius 2 is 1.70 bits per heavy atom. The summed E-state index contributed by atoms with van der Waals surface area (Å²) in [6.45, 7) is 4.39. The Labute approximate surface area is 119 Å². The number of ether oxygens (including phenoxy) is 4. The summed E-state index contributed by atoms with van der Waals surface area (Å²) in [7, 11) is 5.97. The van der Waals surface area contributed by atoms with Gasteiger partial charge in [-0.25, -0.2) is 4.79 Å². The van der Waals surface area contributed by atoms with E-state index in [1.807, 2.05) is 19.9 Å². The van der Waals surface area contributed by atoms with E-state index in [0.29, 0.717) is 23.7 Å². The van der Waals surface area contributed by atoms with E-state index in [-0.39, 0.29) is 5.92 Å². The third-order valence-electron chi connectivity index (χ3n) is 3.07. The fourth-order valence-corrected chi connectivity index (χ4v) is 2.15. The number of rotatable bonds is 6. The Balaban J connectivity index is 3.65. The molecule has 1 rings (SSSR count). The zero-order valence-electron chi connectivity index (χ0n) is 12.9. The van der Waals surface area contributed by atoms with Crippen LogP contribution in [-0.4, -0.2) is 34.4 Å². The molecule has 0 aliphatic heterocycles. The summed E-state index contributed by atoms with van der Waals surface area (Å²) < 4.78 is 20.8. The molecule has 0 aliphatic carbocycles. The highest BCUT2D eigenvalue weighted by Gasteiger charge is 2.26. The van der Waals surface area contributed by atoms with E-state index in [0.717, 1.165) is 11.1 Å². The second-order valence-electron chi connectivity index (χ2n) is 4.65. The van der Waals surface area contributed by atoms with Gasteiger partial charge in [0.1, 0.15) is 5.56 Å². The molecule has 0 aliphatic rings. The van der Waals surface area contributed by atoms with Crippen LogP contribution < -0.4 is 9.47 Å². The lowest BCUT2D eigenvalue weighted by Gasteiger charge is -2.20. The van der Waals surface area contributed by atoms with Crippen LogP contribution in [0.25, 0.3) is 0 Å². The second-order valence-corrected chi connectivity index (χ2v) is 4.65. The molecule has 112 valence electrons. The summed E-state index contributed by atoms with van der Waals surface area (Å²) in [5, 5.41) is 0. The van der Waals surface area contributed by atoms with Crippen molar-refractivity contribution in [1.29, 1.82) is 0 Å². The first kappa shape index (κ1) is 16.3. The molecule has 0 unspecified atom stereocenters. The van der Waals surface area contributed by atoms with Crippen LogP contribution >= 0.6 is 0 Å². The molecule has 0 fully saturated rings. The highest BCUT2D eigenvalue weighted by Crippen LogP contribution is 2.41. The summed E-state index contributed by atoms with van der Waals surface area (Å²) in [5.74, 6) is 0.698. The van der Waals surface area contributed by atoms with Gasteiger partial charge in [-0.2, -0.15) is 0 Å². The molecule has 0 heterocycles. The van der Waals surface area contributed by atoms with E-state index < -0.39 is 5.97 Å². The molecule has 0 spiro atoms. The van der Waals surface area contributed by atoms with Gasteiger partial charge in [-0.15, -0.1) is 0 Å². The standard InChI is InChI=1S/C15H22O5/c1-9(2)11-7-10(8-17-3)12(15(16)20-6)14(19-5)13(11)18-4/h7,9H,8H2,1-6H3. The average molecular weight is 282 g/mol. The molecule has 0 atom stereocenters. The second kappa shape index (κ2) is 7.14. The van der Waals surface area contributed by atoms with Gasteiger partial charge in [-0.05, 0) is 17.5 Å². The number of carbonyl (C=O) groups is 1. The maximum Gasteiger partial charge on any atom is 0.342 e. The molecule has 1 aromatic rings. The number of esters is 1. The molecule has 0 aromatic heterocycles. The minimum Gasteiger partial charge on any atom is -0.493 e. The lowest BCUT2D eigenvalue weighted by Crippen LogP contribution is -2.12. The molecular formula is C15H22O5. The lowest BCUT2D eigenvalue weighted by molar-refractivity contribution is 0.0591. The van der Waals surface area contributed by atoms with Crippen LogP contribution in [-0.2, 0) is 16.1 Å². The predicted octanol–water partition coefficient (Wildman–Crippen LogP) is 2.76. The van der Waals surface area contributed by atoms with Crippen molar-refractivity contribution in [2.75, 3.05) is 28.4 Å². The normalized spacial score (nSPS) is 10.6. The Morgan fingerprint density at radius 3 is 2.10 bits per heavy atom. The van der Waals surface area contributed by atoms with Crippen molar-refractivity contribution in [1.82, 2.24) is 0 Å². The minimum atomic E-state index is -0.470. The number of carbonyl (C=O) groups excluding carboxylic acids is 1. The fourth-order valence-electron chi connectivity index (χ4n) is 2.15. The summed E-state index contributed by atoms with van der Waals surface area (Å²) in [6, 6.07) is 1.90. The third kappa shape index (κ3) is 3.04. The average Bonchev–Trinajstić information content (AvgIpc) is 2.45. The van der Waals surface area contributed by atoms with Gasteiger partial charge < -0.3 is 18.9 Å². The first-order valence-corrected chi connectivity index (χ1v) is 6.36. The zero-order valence-corrected chi connectivity index (χ0v) is 12.9. The van der Waals surface area contributed by atoms with Gasteiger partial charge in [0.15, 0.2) is 11.5 Å². The molecule has 0 amide bonds. The fraction of sp³-hybridized carbons (Fsp3) is 0.533. The molecule has 0 bridgehead atoms. The molecule has 0 radical (unpaired) electrons. The number of benzene rings is 1. The number of methoxy groups -OCH3 is 4. The molecule has 5 nitrogen and oxygen atoms in total. The van der Waals surface area contributed by atoms with Crippen molar-refractivity contribution in [3.63, 3.8) is 0 Å². The lowest BCUT2D eigenvalue weighted by atomic mass is 9.95. The molecule has 0 saturated heterocycles. The topological polar surface area (TPSA) is 54.0 Å². The van der Waals surface area contributed by atoms with Gasteiger partial charge in [0, 0.05) is 12.7 Å². The molecule has 0 N–H and O–H groups in total. The van der Waals surface area contributed by atoms with Gasteiger partial charge in [0.2, 0.25) is 0 Å². The highest BCUT2D eigenvalue weighted by atomic mass is 16.5. The van der Waals surface area contributed by atoms with Crippen LogP contribution in [0.5, 0.6) is 11.5 Å². The van der Waals surface area contributed by atoms with Gasteiger partial charge in [0.25, 0.3) is 0 Å². The third-order valence-corrected chi connectivity index (χ3v) is 3.07. The summed E-state index contributed by atoms with van der Waals surface area (Å²) in [5.41, 5.74) is 2.03. The van der Waals surface area contributed by atoms with Crippen molar-refractivity contribution >= 4 is 5.97 Å². The predicted molar refractivity (Wildman–Crippen MR) is 75.7 cm³/mol.